The van der Waals surface area contributed by atoms with Gasteiger partial charge in [-0.3, -0.25) is 4.90 Å². The quantitative estimate of drug-likeness (QED) is 0.910. The molecule has 1 aliphatic heterocycles. The van der Waals surface area contributed by atoms with Gasteiger partial charge in [-0.05, 0) is 44.6 Å². The van der Waals surface area contributed by atoms with Crippen LogP contribution in [0.5, 0.6) is 5.75 Å². The molecule has 1 N–H and O–H groups in total. The smallest absolute Gasteiger partial charge is 0.123 e. The molecule has 0 amide bonds. The van der Waals surface area contributed by atoms with E-state index in [9.17, 15) is 9.50 Å². The summed E-state index contributed by atoms with van der Waals surface area (Å²) in [6, 6.07) is 4.65. The first-order valence-electron chi connectivity index (χ1n) is 7.00. The molecule has 2 rings (SSSR count). The van der Waals surface area contributed by atoms with Crippen LogP contribution in [0, 0.1) is 5.82 Å². The van der Waals surface area contributed by atoms with Gasteiger partial charge in [0, 0.05) is 31.2 Å². The number of aromatic hydroxyl groups is 1. The van der Waals surface area contributed by atoms with Crippen LogP contribution >= 0.6 is 0 Å². The van der Waals surface area contributed by atoms with Crippen LogP contribution in [-0.2, 0) is 6.54 Å². The van der Waals surface area contributed by atoms with Crippen molar-refractivity contribution >= 4 is 0 Å². The standard InChI is InChI=1S/C15H23FN2O/c1-3-14-11-17(2)7-4-8-18(14)10-12-9-13(16)5-6-15(12)19/h5-6,9,14,19H,3-4,7-8,10-11H2,1-2H3. The second-order valence-electron chi connectivity index (χ2n) is 5.42. The molecule has 1 heterocycles. The van der Waals surface area contributed by atoms with Gasteiger partial charge in [-0.1, -0.05) is 6.92 Å². The third-order valence-electron chi connectivity index (χ3n) is 3.91. The number of hydrogen-bond donors (Lipinski definition) is 1. The molecule has 1 fully saturated rings. The predicted molar refractivity (Wildman–Crippen MR) is 74.7 cm³/mol. The highest BCUT2D eigenvalue weighted by Crippen LogP contribution is 2.22. The first kappa shape index (κ1) is 14.3. The third kappa shape index (κ3) is 3.67. The maximum atomic E-state index is 13.3. The van der Waals surface area contributed by atoms with Crippen LogP contribution in [0.1, 0.15) is 25.3 Å². The molecule has 0 aromatic heterocycles. The van der Waals surface area contributed by atoms with Crippen LogP contribution in [0.2, 0.25) is 0 Å². The SMILES string of the molecule is CCC1CN(C)CCCN1Cc1cc(F)ccc1O. The fourth-order valence-corrected chi connectivity index (χ4v) is 2.79. The fourth-order valence-electron chi connectivity index (χ4n) is 2.79. The highest BCUT2D eigenvalue weighted by molar-refractivity contribution is 5.32. The zero-order valence-electron chi connectivity index (χ0n) is 11.8. The van der Waals surface area contributed by atoms with Gasteiger partial charge in [0.05, 0.1) is 0 Å². The number of rotatable bonds is 3. The van der Waals surface area contributed by atoms with Crippen molar-refractivity contribution in [2.24, 2.45) is 0 Å². The van der Waals surface area contributed by atoms with Crippen LogP contribution in [0.15, 0.2) is 18.2 Å². The lowest BCUT2D eigenvalue weighted by atomic mass is 10.1. The Kier molecular flexibility index (Phi) is 4.77. The van der Waals surface area contributed by atoms with E-state index >= 15 is 0 Å². The van der Waals surface area contributed by atoms with Crippen molar-refractivity contribution in [3.05, 3.63) is 29.6 Å². The third-order valence-corrected chi connectivity index (χ3v) is 3.91. The van der Waals surface area contributed by atoms with Gasteiger partial charge in [0.25, 0.3) is 0 Å². The molecule has 106 valence electrons. The molecule has 1 unspecified atom stereocenters. The average molecular weight is 266 g/mol. The molecule has 1 aromatic carbocycles. The highest BCUT2D eigenvalue weighted by Gasteiger charge is 2.22. The van der Waals surface area contributed by atoms with Gasteiger partial charge in [-0.25, -0.2) is 4.39 Å². The molecule has 19 heavy (non-hydrogen) atoms. The van der Waals surface area contributed by atoms with E-state index < -0.39 is 0 Å². The topological polar surface area (TPSA) is 26.7 Å². The second-order valence-corrected chi connectivity index (χ2v) is 5.42. The monoisotopic (exact) mass is 266 g/mol. The van der Waals surface area contributed by atoms with Crippen LogP contribution in [0.25, 0.3) is 0 Å². The number of likely N-dealkylation sites (N-methyl/N-ethyl adjacent to an activating group) is 1. The summed E-state index contributed by atoms with van der Waals surface area (Å²) in [7, 11) is 2.14. The maximum absolute atomic E-state index is 13.3. The minimum Gasteiger partial charge on any atom is -0.508 e. The Balaban J connectivity index is 2.13. The van der Waals surface area contributed by atoms with Gasteiger partial charge in [-0.2, -0.15) is 0 Å². The van der Waals surface area contributed by atoms with Crippen LogP contribution in [0.3, 0.4) is 0 Å². The highest BCUT2D eigenvalue weighted by atomic mass is 19.1. The molecule has 0 aliphatic carbocycles. The Morgan fingerprint density at radius 3 is 2.89 bits per heavy atom. The summed E-state index contributed by atoms with van der Waals surface area (Å²) in [6.07, 6.45) is 2.18. The van der Waals surface area contributed by atoms with E-state index in [1.165, 1.54) is 18.2 Å². The van der Waals surface area contributed by atoms with Crippen molar-refractivity contribution < 1.29 is 9.50 Å². The molecule has 0 spiro atoms. The minimum absolute atomic E-state index is 0.189. The van der Waals surface area contributed by atoms with Crippen molar-refractivity contribution in [3.63, 3.8) is 0 Å². The Bertz CT molecular complexity index is 425. The number of nitrogens with zero attached hydrogens (tertiary/aromatic N) is 2. The summed E-state index contributed by atoms with van der Waals surface area (Å²) >= 11 is 0. The van der Waals surface area contributed by atoms with Crippen LogP contribution < -0.4 is 0 Å². The molecule has 1 saturated heterocycles. The second kappa shape index (κ2) is 6.35. The summed E-state index contributed by atoms with van der Waals surface area (Å²) in [6.45, 7) is 5.94. The first-order valence-corrected chi connectivity index (χ1v) is 7.00. The summed E-state index contributed by atoms with van der Waals surface area (Å²) < 4.78 is 13.3. The predicted octanol–water partition coefficient (Wildman–Crippen LogP) is 2.45. The van der Waals surface area contributed by atoms with Gasteiger partial charge in [0.15, 0.2) is 0 Å². The van der Waals surface area contributed by atoms with Gasteiger partial charge >= 0.3 is 0 Å². The largest absolute Gasteiger partial charge is 0.508 e. The van der Waals surface area contributed by atoms with E-state index in [0.717, 1.165) is 32.5 Å². The molecule has 1 atom stereocenters. The number of phenolic OH excluding ortho intramolecular Hbond substituents is 1. The van der Waals surface area contributed by atoms with Crippen molar-refractivity contribution in [2.45, 2.75) is 32.4 Å². The molecule has 0 radical (unpaired) electrons. The van der Waals surface area contributed by atoms with Crippen molar-refractivity contribution in [1.29, 1.82) is 0 Å². The van der Waals surface area contributed by atoms with Gasteiger partial charge < -0.3 is 10.0 Å². The molecule has 1 aromatic rings. The zero-order valence-corrected chi connectivity index (χ0v) is 11.8. The van der Waals surface area contributed by atoms with Gasteiger partial charge in [0.2, 0.25) is 0 Å². The van der Waals surface area contributed by atoms with E-state index in [1.807, 2.05) is 0 Å². The van der Waals surface area contributed by atoms with E-state index in [2.05, 4.69) is 23.8 Å². The fraction of sp³-hybridized carbons (Fsp3) is 0.600. The average Bonchev–Trinajstić information content (AvgIpc) is 2.55. The lowest BCUT2D eigenvalue weighted by Gasteiger charge is -2.30. The molecular weight excluding hydrogens is 243 g/mol. The first-order chi connectivity index (χ1) is 9.10. The van der Waals surface area contributed by atoms with Crippen molar-refractivity contribution in [3.8, 4) is 5.75 Å². The molecule has 0 saturated carbocycles. The summed E-state index contributed by atoms with van der Waals surface area (Å²) in [5.41, 5.74) is 0.683. The summed E-state index contributed by atoms with van der Waals surface area (Å²) in [5.74, 6) is -0.0957. The molecule has 3 nitrogen and oxygen atoms in total. The van der Waals surface area contributed by atoms with Crippen molar-refractivity contribution in [1.82, 2.24) is 9.80 Å². The maximum Gasteiger partial charge on any atom is 0.123 e. The molecule has 0 bridgehead atoms. The van der Waals surface area contributed by atoms with E-state index in [4.69, 9.17) is 0 Å². The number of benzene rings is 1. The zero-order chi connectivity index (χ0) is 13.8. The molecular formula is C15H23FN2O. The lowest BCUT2D eigenvalue weighted by Crippen LogP contribution is -2.39. The Hall–Kier alpha value is -1.13. The number of hydrogen-bond acceptors (Lipinski definition) is 3. The Labute approximate surface area is 114 Å². The number of halogens is 1. The van der Waals surface area contributed by atoms with Gasteiger partial charge in [0.1, 0.15) is 11.6 Å². The molecule has 4 heteroatoms. The minimum atomic E-state index is -0.284. The van der Waals surface area contributed by atoms with E-state index in [-0.39, 0.29) is 11.6 Å². The Morgan fingerprint density at radius 2 is 2.16 bits per heavy atom. The summed E-state index contributed by atoms with van der Waals surface area (Å²) in [5, 5.41) is 9.84. The number of phenols is 1. The molecule has 1 aliphatic rings. The van der Waals surface area contributed by atoms with Crippen LogP contribution in [0.4, 0.5) is 4.39 Å². The summed E-state index contributed by atoms with van der Waals surface area (Å²) in [4.78, 5) is 4.71. The van der Waals surface area contributed by atoms with E-state index in [0.29, 0.717) is 18.2 Å². The van der Waals surface area contributed by atoms with Gasteiger partial charge in [-0.15, -0.1) is 0 Å². The van der Waals surface area contributed by atoms with Crippen LogP contribution in [-0.4, -0.2) is 47.6 Å². The normalized spacial score (nSPS) is 22.4. The lowest BCUT2D eigenvalue weighted by molar-refractivity contribution is 0.174. The van der Waals surface area contributed by atoms with E-state index in [1.54, 1.807) is 0 Å². The van der Waals surface area contributed by atoms with Crippen molar-refractivity contribution in [2.75, 3.05) is 26.7 Å². The Morgan fingerprint density at radius 1 is 1.37 bits per heavy atom.